The molecule has 5 aromatic rings. The van der Waals surface area contributed by atoms with E-state index in [-0.39, 0.29) is 52.5 Å². The number of hydrogen-bond acceptors (Lipinski definition) is 14. The lowest BCUT2D eigenvalue weighted by molar-refractivity contribution is -0.136. The molecule has 5 aliphatic rings. The molecule has 4 saturated heterocycles. The molecule has 0 aliphatic carbocycles. The molecule has 19 nitrogen and oxygen atoms in total. The molecule has 3 aromatic carbocycles. The number of ketones is 1. The zero-order valence-electron chi connectivity index (χ0n) is 46.0. The molecule has 0 saturated carbocycles. The first-order chi connectivity index (χ1) is 38.2. The van der Waals surface area contributed by atoms with E-state index in [1.54, 1.807) is 25.7 Å². The van der Waals surface area contributed by atoms with Crippen molar-refractivity contribution in [2.24, 2.45) is 0 Å². The molecule has 10 rings (SSSR count). The van der Waals surface area contributed by atoms with Gasteiger partial charge in [-0.15, -0.1) is 0 Å². The SMILES string of the molecule is CC(C)(C)OC(=O)N(c1ccc(F)c(C(=O)c2cn(C(=O)OC(C)(C)C)c3ncc(-c4ccc(N5CCC(O)(CN6CCC(c7ccc8c(c7)CN(C7CCC(=O)NC7=O)C8=O)CC6)CC5)cc4)cc23)c1F)S(=O)(=O)N1CC[C@@H](F)C1. The zero-order chi connectivity index (χ0) is 58.1. The third-order valence-corrected chi connectivity index (χ3v) is 17.4. The molecule has 4 fully saturated rings. The van der Waals surface area contributed by atoms with Gasteiger partial charge in [-0.25, -0.2) is 32.3 Å². The van der Waals surface area contributed by atoms with E-state index >= 15 is 8.78 Å². The van der Waals surface area contributed by atoms with Crippen LogP contribution in [0.3, 0.4) is 0 Å². The van der Waals surface area contributed by atoms with Crippen LogP contribution < -0.4 is 14.5 Å². The summed E-state index contributed by atoms with van der Waals surface area (Å²) in [5, 5.41) is 14.2. The number of carbonyl (C=O) groups excluding carboxylic acids is 6. The fourth-order valence-corrected chi connectivity index (χ4v) is 13.0. The smallest absolute Gasteiger partial charge is 0.430 e. The second kappa shape index (κ2) is 21.6. The number of rotatable bonds is 11. The Labute approximate surface area is 467 Å². The number of β-amino-alcohol motifs (C(OH)–C–C–N with tert-alkyl or cyclic N) is 1. The minimum Gasteiger partial charge on any atom is -0.443 e. The summed E-state index contributed by atoms with van der Waals surface area (Å²) >= 11 is 0. The van der Waals surface area contributed by atoms with Crippen LogP contribution in [0.5, 0.6) is 0 Å². The Morgan fingerprint density at radius 2 is 1.54 bits per heavy atom. The van der Waals surface area contributed by atoms with Gasteiger partial charge in [0, 0.05) is 80.3 Å². The Morgan fingerprint density at radius 3 is 2.19 bits per heavy atom. The zero-order valence-corrected chi connectivity index (χ0v) is 46.8. The topological polar surface area (TPSA) is 221 Å². The number of piperidine rings is 3. The van der Waals surface area contributed by atoms with Crippen molar-refractivity contribution in [3.8, 4) is 11.1 Å². The van der Waals surface area contributed by atoms with Crippen molar-refractivity contribution in [2.75, 3.05) is 55.0 Å². The first-order valence-corrected chi connectivity index (χ1v) is 28.6. The number of imide groups is 1. The van der Waals surface area contributed by atoms with Crippen molar-refractivity contribution in [3.05, 3.63) is 113 Å². The second-order valence-electron chi connectivity index (χ2n) is 23.7. The van der Waals surface area contributed by atoms with Crippen molar-refractivity contribution < 1.29 is 64.9 Å². The average Bonchev–Trinajstić information content (AvgIpc) is 4.12. The summed E-state index contributed by atoms with van der Waals surface area (Å²) in [5.41, 5.74) is -1.45. The maximum Gasteiger partial charge on any atom is 0.430 e. The highest BCUT2D eigenvalue weighted by Gasteiger charge is 2.45. The van der Waals surface area contributed by atoms with Crippen molar-refractivity contribution in [2.45, 2.75) is 128 Å². The lowest BCUT2D eigenvalue weighted by Gasteiger charge is -2.43. The van der Waals surface area contributed by atoms with Crippen LogP contribution in [0.1, 0.15) is 130 Å². The minimum absolute atomic E-state index is 0.0140. The summed E-state index contributed by atoms with van der Waals surface area (Å²) in [7, 11) is -5.07. The molecule has 1 unspecified atom stereocenters. The van der Waals surface area contributed by atoms with Crippen LogP contribution in [-0.4, -0.2) is 148 Å². The molecule has 2 aromatic heterocycles. The van der Waals surface area contributed by atoms with Crippen molar-refractivity contribution in [3.63, 3.8) is 0 Å². The number of hydrogen-bond donors (Lipinski definition) is 2. The number of carbonyl (C=O) groups is 6. The monoisotopic (exact) mass is 1140 g/mol. The van der Waals surface area contributed by atoms with Crippen LogP contribution in [0, 0.1) is 11.6 Å². The van der Waals surface area contributed by atoms with Gasteiger partial charge in [0.2, 0.25) is 17.6 Å². The van der Waals surface area contributed by atoms with Crippen LogP contribution in [0.2, 0.25) is 0 Å². The van der Waals surface area contributed by atoms with Gasteiger partial charge in [0.15, 0.2) is 5.82 Å². The van der Waals surface area contributed by atoms with E-state index in [9.17, 15) is 46.7 Å². The lowest BCUT2D eigenvalue weighted by atomic mass is 9.86. The molecule has 5 aliphatic heterocycles. The summed E-state index contributed by atoms with van der Waals surface area (Å²) in [6, 6.07) is 15.6. The second-order valence-corrected chi connectivity index (χ2v) is 25.5. The summed E-state index contributed by atoms with van der Waals surface area (Å²) in [6.45, 7) is 11.8. The van der Waals surface area contributed by atoms with Crippen LogP contribution in [0.4, 0.5) is 34.1 Å². The highest BCUT2D eigenvalue weighted by molar-refractivity contribution is 7.91. The van der Waals surface area contributed by atoms with E-state index in [1.807, 2.05) is 36.4 Å². The molecular weight excluding hydrogens is 1070 g/mol. The first-order valence-electron chi connectivity index (χ1n) is 27.2. The van der Waals surface area contributed by atoms with E-state index in [0.717, 1.165) is 53.5 Å². The fraction of sp³-hybridized carbons (Fsp3) is 0.466. The summed E-state index contributed by atoms with van der Waals surface area (Å²) in [6.07, 6.45) is 1.51. The lowest BCUT2D eigenvalue weighted by Crippen LogP contribution is -2.52. The van der Waals surface area contributed by atoms with E-state index in [4.69, 9.17) is 9.47 Å². The predicted molar refractivity (Wildman–Crippen MR) is 293 cm³/mol. The van der Waals surface area contributed by atoms with E-state index in [2.05, 4.69) is 26.2 Å². The Kier molecular flexibility index (Phi) is 15.2. The predicted octanol–water partition coefficient (Wildman–Crippen LogP) is 8.00. The van der Waals surface area contributed by atoms with E-state index in [0.29, 0.717) is 78.6 Å². The minimum atomic E-state index is -5.07. The summed E-state index contributed by atoms with van der Waals surface area (Å²) in [4.78, 5) is 90.1. The third-order valence-electron chi connectivity index (χ3n) is 15.6. The highest BCUT2D eigenvalue weighted by Crippen LogP contribution is 2.38. The number of alkyl halides is 1. The Bertz CT molecular complexity index is 3470. The number of amides is 4. The van der Waals surface area contributed by atoms with Crippen LogP contribution in [0.15, 0.2) is 73.1 Å². The number of likely N-dealkylation sites (tertiary alicyclic amines) is 1. The molecule has 0 spiro atoms. The van der Waals surface area contributed by atoms with E-state index < -0.39 is 98.1 Å². The van der Waals surface area contributed by atoms with Gasteiger partial charge in [-0.2, -0.15) is 17.0 Å². The largest absolute Gasteiger partial charge is 0.443 e. The average molecular weight is 1140 g/mol. The molecule has 2 N–H and O–H groups in total. The van der Waals surface area contributed by atoms with Gasteiger partial charge in [0.05, 0.1) is 16.7 Å². The Hall–Kier alpha value is -7.21. The molecule has 4 amide bonds. The maximum absolute atomic E-state index is 17.0. The molecule has 430 valence electrons. The molecule has 0 bridgehead atoms. The number of fused-ring (bicyclic) bond motifs is 2. The van der Waals surface area contributed by atoms with Crippen LogP contribution >= 0.6 is 0 Å². The number of halogens is 3. The quantitative estimate of drug-likeness (QED) is 0.0946. The van der Waals surface area contributed by atoms with Crippen LogP contribution in [-0.2, 0) is 35.8 Å². The number of nitrogens with zero attached hydrogens (tertiary/aromatic N) is 7. The van der Waals surface area contributed by atoms with Gasteiger partial charge in [-0.3, -0.25) is 24.5 Å². The number of aliphatic hydroxyl groups is 1. The first kappa shape index (κ1) is 57.0. The molecule has 81 heavy (non-hydrogen) atoms. The molecule has 7 heterocycles. The van der Waals surface area contributed by atoms with E-state index in [1.165, 1.54) is 33.0 Å². The number of aromatic nitrogens is 2. The summed E-state index contributed by atoms with van der Waals surface area (Å²) in [5.74, 6) is -5.16. The fourth-order valence-electron chi connectivity index (χ4n) is 11.5. The van der Waals surface area contributed by atoms with Gasteiger partial charge >= 0.3 is 22.4 Å². The van der Waals surface area contributed by atoms with Gasteiger partial charge in [-0.1, -0.05) is 24.3 Å². The van der Waals surface area contributed by atoms with Gasteiger partial charge < -0.3 is 29.3 Å². The maximum atomic E-state index is 17.0. The number of benzene rings is 3. The summed E-state index contributed by atoms with van der Waals surface area (Å²) < 4.78 is 87.9. The van der Waals surface area contributed by atoms with Crippen LogP contribution in [0.25, 0.3) is 22.2 Å². The molecular formula is C58H65F3N8O11S. The van der Waals surface area contributed by atoms with Gasteiger partial charge in [0.25, 0.3) is 5.91 Å². The normalized spacial score (nSPS) is 20.4. The molecule has 0 radical (unpaired) electrons. The van der Waals surface area contributed by atoms with Gasteiger partial charge in [-0.05, 0) is 152 Å². The number of anilines is 2. The third kappa shape index (κ3) is 11.7. The molecule has 23 heteroatoms. The molecule has 2 atom stereocenters. The van der Waals surface area contributed by atoms with Crippen molar-refractivity contribution in [1.82, 2.24) is 29.0 Å². The van der Waals surface area contributed by atoms with Gasteiger partial charge in [0.1, 0.15) is 40.6 Å². The number of pyridine rings is 1. The van der Waals surface area contributed by atoms with Crippen molar-refractivity contribution in [1.29, 1.82) is 0 Å². The van der Waals surface area contributed by atoms with Crippen molar-refractivity contribution >= 4 is 68.3 Å². The number of nitrogens with one attached hydrogen (secondary N) is 1. The number of ether oxygens (including phenoxy) is 2. The Balaban J connectivity index is 0.831. The highest BCUT2D eigenvalue weighted by atomic mass is 32.2. The standard InChI is InChI=1S/C58H65F3N8O11S/c1-56(2,3)79-54(74)68-32-43(50(71)48-44(60)13-14-45(49(48)61)69(55(75)80-57(4,5)6)81(77,78)66-24-19-39(59)31-66)42-28-37(29-62-51(42)68)34-7-10-40(11-8-34)65-25-20-58(76,21-26-65)33-64-22-17-35(18-23-64)36-9-12-41-38(27-36)30-67(53(41)73)46-15-16-47(70)63-52(46)72/h7-14,27-29,32,35,39,46,76H,15-26,30-31,33H2,1-6H3,(H,63,70,72)/t39-,46?/m1/s1. The Morgan fingerprint density at radius 1 is 0.852 bits per heavy atom.